The van der Waals surface area contributed by atoms with Gasteiger partial charge in [-0.2, -0.15) is 52.7 Å². The number of halogens is 12. The molecule has 0 spiro atoms. The van der Waals surface area contributed by atoms with Crippen molar-refractivity contribution in [2.24, 2.45) is 5.41 Å². The van der Waals surface area contributed by atoms with Gasteiger partial charge >= 0.3 is 24.7 Å². The fourth-order valence-electron chi connectivity index (χ4n) is 3.52. The number of hydrogen-bond donors (Lipinski definition) is 2. The summed E-state index contributed by atoms with van der Waals surface area (Å²) in [6, 6.07) is -0.635. The number of rotatable bonds is 5. The lowest BCUT2D eigenvalue weighted by Gasteiger charge is -2.37. The van der Waals surface area contributed by atoms with Crippen molar-refractivity contribution >= 4 is 0 Å². The maximum atomic E-state index is 13.4. The molecule has 1 atom stereocenters. The minimum Gasteiger partial charge on any atom is -0.369 e. The van der Waals surface area contributed by atoms with E-state index in [9.17, 15) is 62.9 Å². The van der Waals surface area contributed by atoms with Gasteiger partial charge < -0.3 is 10.2 Å². The smallest absolute Gasteiger partial charge is 0.369 e. The highest BCUT2D eigenvalue weighted by atomic mass is 19.4. The zero-order valence-electron chi connectivity index (χ0n) is 18.2. The lowest BCUT2D eigenvalue weighted by molar-refractivity contribution is -0.378. The van der Waals surface area contributed by atoms with Crippen LogP contribution in [0.1, 0.15) is 63.1 Å². The van der Waals surface area contributed by atoms with Crippen LogP contribution in [0, 0.1) is 5.41 Å². The first-order chi connectivity index (χ1) is 14.7. The Bertz CT molecular complexity index is 773. The molecule has 14 heteroatoms. The molecule has 1 unspecified atom stereocenters. The third-order valence-electron chi connectivity index (χ3n) is 5.25. The van der Waals surface area contributed by atoms with E-state index in [2.05, 4.69) is 0 Å². The number of alkyl halides is 12. The summed E-state index contributed by atoms with van der Waals surface area (Å²) in [5, 5.41) is 19.3. The van der Waals surface area contributed by atoms with Crippen molar-refractivity contribution in [2.45, 2.75) is 82.4 Å². The molecule has 0 heterocycles. The first-order valence-corrected chi connectivity index (χ1v) is 9.61. The van der Waals surface area contributed by atoms with Crippen molar-refractivity contribution in [1.82, 2.24) is 0 Å². The SMILES string of the molecule is CCC(CC(C)(C)C)c1cc(C(O)(C(F)(F)F)C(F)(F)F)cc(C(O)(C(F)(F)F)C(F)(F)F)c1. The van der Waals surface area contributed by atoms with E-state index in [0.29, 0.717) is 0 Å². The van der Waals surface area contributed by atoms with Crippen molar-refractivity contribution in [1.29, 1.82) is 0 Å². The molecule has 0 amide bonds. The molecule has 1 aromatic rings. The lowest BCUT2D eigenvalue weighted by atomic mass is 9.77. The summed E-state index contributed by atoms with van der Waals surface area (Å²) in [5.41, 5.74) is -17.8. The predicted molar refractivity (Wildman–Crippen MR) is 95.6 cm³/mol. The van der Waals surface area contributed by atoms with Gasteiger partial charge in [0.15, 0.2) is 0 Å². The van der Waals surface area contributed by atoms with Crippen molar-refractivity contribution in [3.63, 3.8) is 0 Å². The van der Waals surface area contributed by atoms with Crippen molar-refractivity contribution in [3.05, 3.63) is 34.9 Å². The molecule has 198 valence electrons. The average molecular weight is 522 g/mol. The molecule has 0 bridgehead atoms. The molecule has 0 radical (unpaired) electrons. The normalized spacial score (nSPS) is 16.1. The Hall–Kier alpha value is -1.70. The molecule has 0 saturated heterocycles. The zero-order valence-corrected chi connectivity index (χ0v) is 18.2. The topological polar surface area (TPSA) is 40.5 Å². The number of aliphatic hydroxyl groups is 2. The standard InChI is InChI=1S/C20H22F12O2/c1-5-10(9-14(2,3)4)11-6-12(15(33,17(21,22)23)18(24,25)26)8-13(7-11)16(34,19(27,28)29)20(30,31)32/h6-8,10,33-34H,5,9H2,1-4H3. The summed E-state index contributed by atoms with van der Waals surface area (Å²) in [6.07, 6.45) is -26.5. The van der Waals surface area contributed by atoms with Crippen LogP contribution in [-0.4, -0.2) is 34.9 Å². The summed E-state index contributed by atoms with van der Waals surface area (Å²) in [5.74, 6) is -1.12. The minimum atomic E-state index is -6.58. The summed E-state index contributed by atoms with van der Waals surface area (Å²) < 4.78 is 161. The Morgan fingerprint density at radius 2 is 0.912 bits per heavy atom. The quantitative estimate of drug-likeness (QED) is 0.401. The van der Waals surface area contributed by atoms with Gasteiger partial charge in [-0.15, -0.1) is 0 Å². The van der Waals surface area contributed by atoms with Gasteiger partial charge in [0.1, 0.15) is 0 Å². The number of benzene rings is 1. The van der Waals surface area contributed by atoms with E-state index >= 15 is 0 Å². The first-order valence-electron chi connectivity index (χ1n) is 9.61. The van der Waals surface area contributed by atoms with Gasteiger partial charge in [0.05, 0.1) is 0 Å². The monoisotopic (exact) mass is 522 g/mol. The van der Waals surface area contributed by atoms with Gasteiger partial charge in [-0.05, 0) is 35.8 Å². The molecule has 0 fully saturated rings. The minimum absolute atomic E-state index is 0.0670. The highest BCUT2D eigenvalue weighted by molar-refractivity contribution is 5.41. The van der Waals surface area contributed by atoms with Crippen LogP contribution in [0.4, 0.5) is 52.7 Å². The number of hydrogen-bond acceptors (Lipinski definition) is 2. The third kappa shape index (κ3) is 5.42. The van der Waals surface area contributed by atoms with Gasteiger partial charge in [-0.3, -0.25) is 0 Å². The van der Waals surface area contributed by atoms with E-state index in [-0.39, 0.29) is 25.0 Å². The van der Waals surface area contributed by atoms with Crippen LogP contribution in [0.2, 0.25) is 0 Å². The molecule has 2 N–H and O–H groups in total. The van der Waals surface area contributed by atoms with E-state index in [1.807, 2.05) is 0 Å². The van der Waals surface area contributed by atoms with E-state index in [1.54, 1.807) is 20.8 Å². The van der Waals surface area contributed by atoms with Gasteiger partial charge in [-0.25, -0.2) is 0 Å². The Labute approximate surface area is 186 Å². The van der Waals surface area contributed by atoms with Crippen LogP contribution in [-0.2, 0) is 11.2 Å². The van der Waals surface area contributed by atoms with E-state index in [1.165, 1.54) is 6.92 Å². The third-order valence-corrected chi connectivity index (χ3v) is 5.25. The van der Waals surface area contributed by atoms with Crippen molar-refractivity contribution in [3.8, 4) is 0 Å². The predicted octanol–water partition coefficient (Wildman–Crippen LogP) is 7.24. The van der Waals surface area contributed by atoms with Crippen LogP contribution in [0.15, 0.2) is 18.2 Å². The van der Waals surface area contributed by atoms with Crippen molar-refractivity contribution < 1.29 is 62.9 Å². The van der Waals surface area contributed by atoms with Gasteiger partial charge in [0, 0.05) is 11.1 Å². The molecule has 0 aromatic heterocycles. The largest absolute Gasteiger partial charge is 0.430 e. The molecule has 0 saturated carbocycles. The van der Waals surface area contributed by atoms with Gasteiger partial charge in [0.25, 0.3) is 11.2 Å². The molecule has 0 aliphatic heterocycles. The van der Waals surface area contributed by atoms with Gasteiger partial charge in [0.2, 0.25) is 0 Å². The first kappa shape index (κ1) is 30.3. The Balaban J connectivity index is 4.21. The van der Waals surface area contributed by atoms with Crippen molar-refractivity contribution in [2.75, 3.05) is 0 Å². The molecule has 1 rings (SSSR count). The maximum Gasteiger partial charge on any atom is 0.430 e. The molecule has 0 aliphatic carbocycles. The lowest BCUT2D eigenvalue weighted by Crippen LogP contribution is -2.56. The van der Waals surface area contributed by atoms with Crippen LogP contribution in [0.25, 0.3) is 0 Å². The molecular formula is C20H22F12O2. The second kappa shape index (κ2) is 8.75. The van der Waals surface area contributed by atoms with Crippen LogP contribution in [0.5, 0.6) is 0 Å². The maximum absolute atomic E-state index is 13.4. The van der Waals surface area contributed by atoms with Crippen LogP contribution in [0.3, 0.4) is 0 Å². The summed E-state index contributed by atoms with van der Waals surface area (Å²) in [6.45, 7) is 6.08. The second-order valence-electron chi connectivity index (χ2n) is 9.13. The van der Waals surface area contributed by atoms with E-state index in [0.717, 1.165) is 0 Å². The molecular weight excluding hydrogens is 500 g/mol. The summed E-state index contributed by atoms with van der Waals surface area (Å²) in [7, 11) is 0. The average Bonchev–Trinajstić information content (AvgIpc) is 2.59. The van der Waals surface area contributed by atoms with E-state index < -0.39 is 70.0 Å². The Morgan fingerprint density at radius 3 is 1.12 bits per heavy atom. The molecule has 1 aromatic carbocycles. The Morgan fingerprint density at radius 1 is 0.618 bits per heavy atom. The summed E-state index contributed by atoms with van der Waals surface area (Å²) in [4.78, 5) is 0. The van der Waals surface area contributed by atoms with E-state index in [4.69, 9.17) is 0 Å². The zero-order chi connectivity index (χ0) is 27.3. The van der Waals surface area contributed by atoms with Crippen LogP contribution >= 0.6 is 0 Å². The fourth-order valence-corrected chi connectivity index (χ4v) is 3.52. The molecule has 2 nitrogen and oxygen atoms in total. The molecule has 34 heavy (non-hydrogen) atoms. The van der Waals surface area contributed by atoms with Crippen LogP contribution < -0.4 is 0 Å². The Kier molecular flexibility index (Phi) is 7.81. The highest BCUT2D eigenvalue weighted by Crippen LogP contribution is 2.54. The second-order valence-corrected chi connectivity index (χ2v) is 9.13. The highest BCUT2D eigenvalue weighted by Gasteiger charge is 2.74. The fraction of sp³-hybridized carbons (Fsp3) is 0.700. The molecule has 0 aliphatic rings. The van der Waals surface area contributed by atoms with Gasteiger partial charge in [-0.1, -0.05) is 39.8 Å². The summed E-state index contributed by atoms with van der Waals surface area (Å²) >= 11 is 0.